The van der Waals surface area contributed by atoms with Gasteiger partial charge >= 0.3 is 0 Å². The number of rotatable bonds is 1. The number of guanidine groups is 1. The molecule has 86 valence electrons. The Labute approximate surface area is 98.1 Å². The summed E-state index contributed by atoms with van der Waals surface area (Å²) in [6, 6.07) is 9.69. The van der Waals surface area contributed by atoms with Crippen LogP contribution in [0.4, 0.5) is 0 Å². The largest absolute Gasteiger partial charge is 0.384 e. The third-order valence-corrected chi connectivity index (χ3v) is 2.80. The van der Waals surface area contributed by atoms with E-state index in [1.807, 2.05) is 30.3 Å². The first-order chi connectivity index (χ1) is 8.22. The van der Waals surface area contributed by atoms with Crippen molar-refractivity contribution in [2.45, 2.75) is 5.66 Å². The molecule has 0 fully saturated rings. The van der Waals surface area contributed by atoms with Gasteiger partial charge in [0.25, 0.3) is 0 Å². The van der Waals surface area contributed by atoms with Crippen molar-refractivity contribution in [2.75, 3.05) is 0 Å². The second-order valence-corrected chi connectivity index (χ2v) is 3.85. The molecule has 1 aromatic rings. The number of nitrogens with two attached hydrogens (primary N) is 2. The Morgan fingerprint density at radius 1 is 1.12 bits per heavy atom. The minimum Gasteiger partial charge on any atom is -0.384 e. The van der Waals surface area contributed by atoms with Crippen molar-refractivity contribution in [1.29, 1.82) is 0 Å². The van der Waals surface area contributed by atoms with Crippen LogP contribution >= 0.6 is 0 Å². The number of hydrogen-bond donors (Lipinski definition) is 4. The number of nitrogens with zero attached hydrogens (tertiary/aromatic N) is 2. The van der Waals surface area contributed by atoms with E-state index in [1.165, 1.54) is 0 Å². The van der Waals surface area contributed by atoms with Crippen molar-refractivity contribution in [1.82, 2.24) is 10.6 Å². The van der Waals surface area contributed by atoms with E-state index in [1.54, 1.807) is 6.34 Å². The van der Waals surface area contributed by atoms with E-state index in [2.05, 4.69) is 20.6 Å². The second kappa shape index (κ2) is 3.24. The predicted molar refractivity (Wildman–Crippen MR) is 65.7 cm³/mol. The zero-order valence-electron chi connectivity index (χ0n) is 9.01. The highest BCUT2D eigenvalue weighted by Crippen LogP contribution is 2.38. The van der Waals surface area contributed by atoms with Gasteiger partial charge in [0.1, 0.15) is 11.5 Å². The second-order valence-electron chi connectivity index (χ2n) is 3.85. The minimum absolute atomic E-state index is 0.260. The minimum atomic E-state index is -0.860. The summed E-state index contributed by atoms with van der Waals surface area (Å²) in [4.78, 5) is 8.76. The van der Waals surface area contributed by atoms with E-state index in [9.17, 15) is 0 Å². The Bertz CT molecular complexity index is 544. The summed E-state index contributed by atoms with van der Waals surface area (Å²) in [5.74, 6) is 0.704. The lowest BCUT2D eigenvalue weighted by molar-refractivity contribution is 0.540. The lowest BCUT2D eigenvalue weighted by Gasteiger charge is -2.29. The van der Waals surface area contributed by atoms with Crippen LogP contribution < -0.4 is 22.1 Å². The summed E-state index contributed by atoms with van der Waals surface area (Å²) in [5.41, 5.74) is 12.4. The Morgan fingerprint density at radius 2 is 1.88 bits per heavy atom. The molecule has 1 unspecified atom stereocenters. The van der Waals surface area contributed by atoms with Gasteiger partial charge in [0.15, 0.2) is 5.96 Å². The molecule has 2 aliphatic heterocycles. The van der Waals surface area contributed by atoms with E-state index in [0.29, 0.717) is 11.5 Å². The molecule has 2 aliphatic rings. The van der Waals surface area contributed by atoms with Crippen LogP contribution in [0, 0.1) is 0 Å². The fraction of sp³-hybridized carbons (Fsp3) is 0.0909. The number of aliphatic imine (C=N–C) groups is 2. The molecule has 6 heteroatoms. The summed E-state index contributed by atoms with van der Waals surface area (Å²) < 4.78 is 0. The maximum atomic E-state index is 5.90. The summed E-state index contributed by atoms with van der Waals surface area (Å²) in [6.07, 6.45) is 1.58. The zero-order chi connectivity index (χ0) is 11.9. The fourth-order valence-corrected chi connectivity index (χ4v) is 2.06. The molecule has 0 spiro atoms. The lowest BCUT2D eigenvalue weighted by atomic mass is 9.96. The molecule has 0 saturated heterocycles. The van der Waals surface area contributed by atoms with Crippen molar-refractivity contribution >= 4 is 12.3 Å². The maximum absolute atomic E-state index is 5.90. The molecule has 0 amide bonds. The Kier molecular flexibility index (Phi) is 1.85. The normalized spacial score (nSPS) is 26.0. The molecule has 17 heavy (non-hydrogen) atoms. The molecule has 0 bridgehead atoms. The molecule has 2 heterocycles. The molecular weight excluding hydrogens is 216 g/mol. The Hall–Kier alpha value is -2.50. The van der Waals surface area contributed by atoms with Gasteiger partial charge < -0.3 is 22.1 Å². The molecule has 1 atom stereocenters. The van der Waals surface area contributed by atoms with Crippen LogP contribution in [-0.4, -0.2) is 12.3 Å². The monoisotopic (exact) mass is 228 g/mol. The van der Waals surface area contributed by atoms with Gasteiger partial charge in [-0.25, -0.2) is 9.98 Å². The molecule has 0 aliphatic carbocycles. The average Bonchev–Trinajstić information content (AvgIpc) is 2.75. The highest BCUT2D eigenvalue weighted by Gasteiger charge is 2.43. The van der Waals surface area contributed by atoms with Crippen LogP contribution in [0.5, 0.6) is 0 Å². The van der Waals surface area contributed by atoms with Crippen LogP contribution in [0.3, 0.4) is 0 Å². The molecule has 0 radical (unpaired) electrons. The van der Waals surface area contributed by atoms with Crippen molar-refractivity contribution in [3.05, 3.63) is 47.4 Å². The van der Waals surface area contributed by atoms with Crippen molar-refractivity contribution in [3.63, 3.8) is 0 Å². The van der Waals surface area contributed by atoms with E-state index in [4.69, 9.17) is 11.5 Å². The summed E-state index contributed by atoms with van der Waals surface area (Å²) in [6.45, 7) is 0. The molecule has 6 N–H and O–H groups in total. The third-order valence-electron chi connectivity index (χ3n) is 2.80. The number of hydrogen-bond acceptors (Lipinski definition) is 6. The first kappa shape index (κ1) is 9.71. The molecule has 1 aromatic carbocycles. The van der Waals surface area contributed by atoms with Crippen LogP contribution in [0.2, 0.25) is 0 Å². The predicted octanol–water partition coefficient (Wildman–Crippen LogP) is -0.483. The third kappa shape index (κ3) is 1.27. The molecule has 3 rings (SSSR count). The SMILES string of the molecule is NC1=NC2(c3ccccc3)N=CNC2=C(N)N1. The number of benzene rings is 1. The van der Waals surface area contributed by atoms with Gasteiger partial charge in [-0.05, 0) is 0 Å². The van der Waals surface area contributed by atoms with E-state index >= 15 is 0 Å². The topological polar surface area (TPSA) is 101 Å². The smallest absolute Gasteiger partial charge is 0.224 e. The average molecular weight is 228 g/mol. The van der Waals surface area contributed by atoms with Gasteiger partial charge in [-0.1, -0.05) is 30.3 Å². The first-order valence-corrected chi connectivity index (χ1v) is 5.21. The van der Waals surface area contributed by atoms with Gasteiger partial charge in [-0.3, -0.25) is 0 Å². The molecule has 6 nitrogen and oxygen atoms in total. The van der Waals surface area contributed by atoms with Gasteiger partial charge in [-0.15, -0.1) is 0 Å². The van der Waals surface area contributed by atoms with Crippen molar-refractivity contribution in [2.24, 2.45) is 21.5 Å². The molecule has 0 saturated carbocycles. The van der Waals surface area contributed by atoms with Crippen LogP contribution in [-0.2, 0) is 5.66 Å². The number of fused-ring (bicyclic) bond motifs is 1. The standard InChI is InChI=1S/C11H12N6/c12-9-8-11(15-6-14-8,17-10(13)16-9)7-4-2-1-3-5-7/h1-6H,12H2,(H,14,15)(H3,13,16,17). The first-order valence-electron chi connectivity index (χ1n) is 5.21. The highest BCUT2D eigenvalue weighted by molar-refractivity contribution is 5.84. The summed E-state index contributed by atoms with van der Waals surface area (Å²) >= 11 is 0. The van der Waals surface area contributed by atoms with Crippen molar-refractivity contribution < 1.29 is 0 Å². The van der Waals surface area contributed by atoms with E-state index in [-0.39, 0.29) is 5.96 Å². The van der Waals surface area contributed by atoms with Crippen LogP contribution in [0.25, 0.3) is 0 Å². The van der Waals surface area contributed by atoms with Gasteiger partial charge in [0.2, 0.25) is 5.66 Å². The quantitative estimate of drug-likeness (QED) is 0.521. The molecule has 0 aromatic heterocycles. The summed E-state index contributed by atoms with van der Waals surface area (Å²) in [7, 11) is 0. The van der Waals surface area contributed by atoms with Crippen LogP contribution in [0.1, 0.15) is 5.56 Å². The maximum Gasteiger partial charge on any atom is 0.224 e. The van der Waals surface area contributed by atoms with E-state index < -0.39 is 5.66 Å². The molecular formula is C11H12N6. The van der Waals surface area contributed by atoms with Crippen molar-refractivity contribution in [3.8, 4) is 0 Å². The lowest BCUT2D eigenvalue weighted by Crippen LogP contribution is -2.45. The summed E-state index contributed by atoms with van der Waals surface area (Å²) in [5, 5.41) is 5.79. The Morgan fingerprint density at radius 3 is 2.65 bits per heavy atom. The van der Waals surface area contributed by atoms with Crippen LogP contribution in [0.15, 0.2) is 51.8 Å². The van der Waals surface area contributed by atoms with Gasteiger partial charge in [-0.2, -0.15) is 0 Å². The Balaban J connectivity index is 2.22. The van der Waals surface area contributed by atoms with Gasteiger partial charge in [0, 0.05) is 5.56 Å². The number of nitrogens with one attached hydrogen (secondary N) is 2. The zero-order valence-corrected chi connectivity index (χ0v) is 9.01. The van der Waals surface area contributed by atoms with E-state index in [0.717, 1.165) is 5.56 Å². The highest BCUT2D eigenvalue weighted by atomic mass is 15.3. The van der Waals surface area contributed by atoms with Gasteiger partial charge in [0.05, 0.1) is 6.34 Å². The fourth-order valence-electron chi connectivity index (χ4n) is 2.06.